The van der Waals surface area contributed by atoms with Gasteiger partial charge in [0.1, 0.15) is 5.75 Å². The molecular weight excluding hydrogens is 322 g/mol. The standard InChI is InChI=1S/C19H23NO3S/c1-14(2)17-8-5-9-18(11-17)20-19(21)13-24(22,23)12-16-7-4-6-15(3)10-16/h4-11,14H,12-13H2,1-3H3,(H,20,21). The van der Waals surface area contributed by atoms with E-state index in [1.807, 2.05) is 43.3 Å². The SMILES string of the molecule is Cc1cccc(CS(=O)(=O)CC(=O)Nc2cccc(C(C)C)c2)c1. The predicted octanol–water partition coefficient (Wildman–Crippen LogP) is 3.67. The van der Waals surface area contributed by atoms with Gasteiger partial charge in [0.05, 0.1) is 5.75 Å². The molecule has 24 heavy (non-hydrogen) atoms. The van der Waals surface area contributed by atoms with Crippen LogP contribution in [0.4, 0.5) is 5.69 Å². The Morgan fingerprint density at radius 3 is 2.46 bits per heavy atom. The van der Waals surface area contributed by atoms with E-state index in [1.54, 1.807) is 12.1 Å². The third-order valence-electron chi connectivity index (χ3n) is 3.66. The van der Waals surface area contributed by atoms with Crippen LogP contribution in [0.3, 0.4) is 0 Å². The molecule has 0 bridgehead atoms. The molecule has 0 fully saturated rings. The molecule has 1 N–H and O–H groups in total. The molecule has 0 radical (unpaired) electrons. The van der Waals surface area contributed by atoms with E-state index in [2.05, 4.69) is 19.2 Å². The minimum absolute atomic E-state index is 0.131. The lowest BCUT2D eigenvalue weighted by Crippen LogP contribution is -2.24. The maximum Gasteiger partial charge on any atom is 0.239 e. The van der Waals surface area contributed by atoms with Crippen molar-refractivity contribution in [3.05, 3.63) is 65.2 Å². The first-order valence-electron chi connectivity index (χ1n) is 7.91. The summed E-state index contributed by atoms with van der Waals surface area (Å²) in [5, 5.41) is 2.67. The fourth-order valence-electron chi connectivity index (χ4n) is 2.48. The number of benzene rings is 2. The number of anilines is 1. The average Bonchev–Trinajstić information content (AvgIpc) is 2.46. The summed E-state index contributed by atoms with van der Waals surface area (Å²) in [4.78, 5) is 12.1. The molecule has 0 unspecified atom stereocenters. The number of aryl methyl sites for hydroxylation is 1. The normalized spacial score (nSPS) is 11.5. The number of sulfone groups is 1. The molecule has 0 aliphatic rings. The van der Waals surface area contributed by atoms with E-state index in [1.165, 1.54) is 0 Å². The zero-order valence-electron chi connectivity index (χ0n) is 14.2. The smallest absolute Gasteiger partial charge is 0.239 e. The predicted molar refractivity (Wildman–Crippen MR) is 97.8 cm³/mol. The van der Waals surface area contributed by atoms with E-state index >= 15 is 0 Å². The molecule has 0 aromatic heterocycles. The fourth-order valence-corrected chi connectivity index (χ4v) is 3.74. The van der Waals surface area contributed by atoms with E-state index in [-0.39, 0.29) is 5.75 Å². The Kier molecular flexibility index (Phi) is 5.78. The molecule has 0 aliphatic heterocycles. The Morgan fingerprint density at radius 2 is 1.79 bits per heavy atom. The van der Waals surface area contributed by atoms with Gasteiger partial charge in [-0.1, -0.05) is 55.8 Å². The molecule has 128 valence electrons. The van der Waals surface area contributed by atoms with Crippen LogP contribution >= 0.6 is 0 Å². The van der Waals surface area contributed by atoms with Crippen molar-refractivity contribution >= 4 is 21.4 Å². The van der Waals surface area contributed by atoms with Crippen molar-refractivity contribution in [2.45, 2.75) is 32.4 Å². The van der Waals surface area contributed by atoms with Crippen molar-refractivity contribution in [3.8, 4) is 0 Å². The third-order valence-corrected chi connectivity index (χ3v) is 5.13. The summed E-state index contributed by atoms with van der Waals surface area (Å²) in [5.41, 5.74) is 3.41. The molecule has 2 rings (SSSR count). The zero-order chi connectivity index (χ0) is 17.7. The van der Waals surface area contributed by atoms with E-state index in [4.69, 9.17) is 0 Å². The number of hydrogen-bond donors (Lipinski definition) is 1. The van der Waals surface area contributed by atoms with Gasteiger partial charge in [-0.2, -0.15) is 0 Å². The molecule has 1 amide bonds. The Bertz CT molecular complexity index is 826. The van der Waals surface area contributed by atoms with Crippen LogP contribution < -0.4 is 5.32 Å². The van der Waals surface area contributed by atoms with Crippen LogP contribution in [-0.2, 0) is 20.4 Å². The summed E-state index contributed by atoms with van der Waals surface area (Å²) < 4.78 is 24.5. The second-order valence-electron chi connectivity index (χ2n) is 6.35. The maximum absolute atomic E-state index is 12.2. The lowest BCUT2D eigenvalue weighted by molar-refractivity contribution is -0.113. The van der Waals surface area contributed by atoms with Crippen molar-refractivity contribution in [2.24, 2.45) is 0 Å². The number of rotatable bonds is 6. The van der Waals surface area contributed by atoms with Crippen molar-refractivity contribution < 1.29 is 13.2 Å². The summed E-state index contributed by atoms with van der Waals surface area (Å²) in [5.74, 6) is -0.823. The number of amides is 1. The highest BCUT2D eigenvalue weighted by Crippen LogP contribution is 2.18. The maximum atomic E-state index is 12.2. The summed E-state index contributed by atoms with van der Waals surface area (Å²) in [6.45, 7) is 6.03. The van der Waals surface area contributed by atoms with Crippen molar-refractivity contribution in [1.29, 1.82) is 0 Å². The molecule has 0 saturated carbocycles. The van der Waals surface area contributed by atoms with Crippen LogP contribution in [0.5, 0.6) is 0 Å². The van der Waals surface area contributed by atoms with Gasteiger partial charge in [-0.15, -0.1) is 0 Å². The summed E-state index contributed by atoms with van der Waals surface area (Å²) in [7, 11) is -3.51. The second-order valence-corrected chi connectivity index (χ2v) is 8.41. The summed E-state index contributed by atoms with van der Waals surface area (Å²) >= 11 is 0. The number of hydrogen-bond acceptors (Lipinski definition) is 3. The highest BCUT2D eigenvalue weighted by molar-refractivity contribution is 7.91. The number of nitrogens with one attached hydrogen (secondary N) is 1. The van der Waals surface area contributed by atoms with Crippen molar-refractivity contribution in [3.63, 3.8) is 0 Å². The lowest BCUT2D eigenvalue weighted by Gasteiger charge is -2.10. The third kappa shape index (κ3) is 5.49. The van der Waals surface area contributed by atoms with Crippen LogP contribution in [0.2, 0.25) is 0 Å². The Morgan fingerprint density at radius 1 is 1.08 bits per heavy atom. The van der Waals surface area contributed by atoms with Crippen LogP contribution in [0.15, 0.2) is 48.5 Å². The second kappa shape index (κ2) is 7.62. The summed E-state index contributed by atoms with van der Waals surface area (Å²) in [6.07, 6.45) is 0. The molecule has 4 nitrogen and oxygen atoms in total. The van der Waals surface area contributed by atoms with Gasteiger partial charge in [0.2, 0.25) is 5.91 Å². The monoisotopic (exact) mass is 345 g/mol. The molecule has 5 heteroatoms. The first kappa shape index (κ1) is 18.2. The molecule has 0 aliphatic carbocycles. The summed E-state index contributed by atoms with van der Waals surface area (Å²) in [6, 6.07) is 14.8. The molecule has 0 saturated heterocycles. The van der Waals surface area contributed by atoms with Gasteiger partial charge in [0.25, 0.3) is 0 Å². The topological polar surface area (TPSA) is 63.2 Å². The van der Waals surface area contributed by atoms with Gasteiger partial charge < -0.3 is 5.32 Å². The quantitative estimate of drug-likeness (QED) is 0.869. The van der Waals surface area contributed by atoms with Crippen molar-refractivity contribution in [1.82, 2.24) is 0 Å². The minimum atomic E-state index is -3.51. The van der Waals surface area contributed by atoms with Crippen LogP contribution in [0.1, 0.15) is 36.5 Å². The minimum Gasteiger partial charge on any atom is -0.325 e. The van der Waals surface area contributed by atoms with Gasteiger partial charge in [-0.05, 0) is 36.1 Å². The van der Waals surface area contributed by atoms with Gasteiger partial charge in [-0.3, -0.25) is 4.79 Å². The van der Waals surface area contributed by atoms with Crippen molar-refractivity contribution in [2.75, 3.05) is 11.1 Å². The Labute approximate surface area is 143 Å². The molecular formula is C19H23NO3S. The van der Waals surface area contributed by atoms with Gasteiger partial charge in [0.15, 0.2) is 9.84 Å². The van der Waals surface area contributed by atoms with Crippen LogP contribution in [-0.4, -0.2) is 20.1 Å². The van der Waals surface area contributed by atoms with E-state index in [0.717, 1.165) is 11.1 Å². The Balaban J connectivity index is 2.02. The first-order chi connectivity index (χ1) is 11.2. The molecule has 2 aromatic carbocycles. The molecule has 0 heterocycles. The van der Waals surface area contributed by atoms with Gasteiger partial charge >= 0.3 is 0 Å². The van der Waals surface area contributed by atoms with Gasteiger partial charge in [0, 0.05) is 5.69 Å². The van der Waals surface area contributed by atoms with Crippen LogP contribution in [0, 0.1) is 6.92 Å². The molecule has 0 atom stereocenters. The first-order valence-corrected chi connectivity index (χ1v) is 9.73. The molecule has 0 spiro atoms. The molecule has 2 aromatic rings. The highest BCUT2D eigenvalue weighted by atomic mass is 32.2. The Hall–Kier alpha value is -2.14. The van der Waals surface area contributed by atoms with E-state index < -0.39 is 21.5 Å². The number of carbonyl (C=O) groups excluding carboxylic acids is 1. The highest BCUT2D eigenvalue weighted by Gasteiger charge is 2.18. The van der Waals surface area contributed by atoms with Gasteiger partial charge in [-0.25, -0.2) is 8.42 Å². The average molecular weight is 345 g/mol. The largest absolute Gasteiger partial charge is 0.325 e. The zero-order valence-corrected chi connectivity index (χ0v) is 15.1. The number of carbonyl (C=O) groups is 1. The van der Waals surface area contributed by atoms with Crippen LogP contribution in [0.25, 0.3) is 0 Å². The fraction of sp³-hybridized carbons (Fsp3) is 0.316. The van der Waals surface area contributed by atoms with E-state index in [9.17, 15) is 13.2 Å². The lowest BCUT2D eigenvalue weighted by atomic mass is 10.0. The van der Waals surface area contributed by atoms with E-state index in [0.29, 0.717) is 17.2 Å².